The maximum absolute atomic E-state index is 11.4. The molecule has 7 nitrogen and oxygen atoms in total. The zero-order valence-corrected chi connectivity index (χ0v) is 10.7. The van der Waals surface area contributed by atoms with Gasteiger partial charge in [-0.2, -0.15) is 0 Å². The third-order valence-electron chi connectivity index (χ3n) is 2.31. The molecule has 0 aromatic carbocycles. The van der Waals surface area contributed by atoms with Crippen LogP contribution in [0.25, 0.3) is 0 Å². The van der Waals surface area contributed by atoms with E-state index in [0.717, 1.165) is 0 Å². The lowest BCUT2D eigenvalue weighted by Crippen LogP contribution is -2.25. The monoisotopic (exact) mass is 259 g/mol. The zero-order valence-electron chi connectivity index (χ0n) is 10.7. The largest absolute Gasteiger partial charge is 0.466 e. The Morgan fingerprint density at radius 3 is 2.72 bits per heavy atom. The van der Waals surface area contributed by atoms with Crippen LogP contribution >= 0.6 is 0 Å². The summed E-state index contributed by atoms with van der Waals surface area (Å²) in [6.07, 6.45) is 1.23. The van der Waals surface area contributed by atoms with Crippen LogP contribution in [-0.4, -0.2) is 29.8 Å². The second kappa shape index (κ2) is 5.70. The number of nitrogens with zero attached hydrogens (tertiary/aromatic N) is 1. The Hall–Kier alpha value is -1.79. The number of carbonyl (C=O) groups is 1. The van der Waals surface area contributed by atoms with Gasteiger partial charge in [-0.3, -0.25) is 14.9 Å². The number of hydrogen-bond donors (Lipinski definition) is 0. The standard InChI is InChI=1S/C11H17NO6/c1-4-16-10(13)5-8(6-12(14)15)9-7-17-11(2,3)18-9/h7-8H,4-6H2,1-3H3. The average molecular weight is 259 g/mol. The Labute approximate surface area is 105 Å². The minimum Gasteiger partial charge on any atom is -0.466 e. The maximum Gasteiger partial charge on any atom is 0.306 e. The molecule has 0 saturated carbocycles. The molecular formula is C11H17NO6. The third-order valence-corrected chi connectivity index (χ3v) is 2.31. The molecule has 102 valence electrons. The Morgan fingerprint density at radius 2 is 2.28 bits per heavy atom. The molecule has 0 bridgehead atoms. The van der Waals surface area contributed by atoms with E-state index < -0.39 is 29.1 Å². The van der Waals surface area contributed by atoms with Crippen LogP contribution in [0.3, 0.4) is 0 Å². The van der Waals surface area contributed by atoms with Gasteiger partial charge < -0.3 is 14.2 Å². The van der Waals surface area contributed by atoms with Gasteiger partial charge in [-0.25, -0.2) is 0 Å². The summed E-state index contributed by atoms with van der Waals surface area (Å²) in [6, 6.07) is 0. The molecule has 0 saturated heterocycles. The second-order valence-corrected chi connectivity index (χ2v) is 4.36. The first-order valence-electron chi connectivity index (χ1n) is 5.68. The SMILES string of the molecule is CCOC(=O)CC(C[N+](=O)[O-])C1=COC(C)(C)O1. The van der Waals surface area contributed by atoms with E-state index in [1.807, 2.05) is 0 Å². The van der Waals surface area contributed by atoms with Crippen LogP contribution in [0.4, 0.5) is 0 Å². The fraction of sp³-hybridized carbons (Fsp3) is 0.727. The summed E-state index contributed by atoms with van der Waals surface area (Å²) in [6.45, 7) is 4.89. The van der Waals surface area contributed by atoms with Gasteiger partial charge in [0, 0.05) is 18.8 Å². The van der Waals surface area contributed by atoms with E-state index in [1.165, 1.54) is 6.26 Å². The normalized spacial score (nSPS) is 18.3. The fourth-order valence-electron chi connectivity index (χ4n) is 1.57. The molecule has 1 aliphatic rings. The van der Waals surface area contributed by atoms with Crippen LogP contribution in [0.1, 0.15) is 27.2 Å². The van der Waals surface area contributed by atoms with Crippen molar-refractivity contribution < 1.29 is 23.9 Å². The Kier molecular flexibility index (Phi) is 4.52. The highest BCUT2D eigenvalue weighted by molar-refractivity contribution is 5.70. The van der Waals surface area contributed by atoms with Gasteiger partial charge in [0.1, 0.15) is 12.0 Å². The van der Waals surface area contributed by atoms with Crippen LogP contribution in [0, 0.1) is 16.0 Å². The van der Waals surface area contributed by atoms with Crippen molar-refractivity contribution in [3.63, 3.8) is 0 Å². The first-order chi connectivity index (χ1) is 8.34. The summed E-state index contributed by atoms with van der Waals surface area (Å²) < 4.78 is 15.4. The lowest BCUT2D eigenvalue weighted by molar-refractivity contribution is -0.487. The van der Waals surface area contributed by atoms with Crippen LogP contribution in [0.15, 0.2) is 12.0 Å². The van der Waals surface area contributed by atoms with Gasteiger partial charge in [-0.05, 0) is 6.92 Å². The summed E-state index contributed by atoms with van der Waals surface area (Å²) in [5.41, 5.74) is 0. The molecule has 1 heterocycles. The number of ether oxygens (including phenoxy) is 3. The second-order valence-electron chi connectivity index (χ2n) is 4.36. The summed E-state index contributed by atoms with van der Waals surface area (Å²) in [5, 5.41) is 10.6. The maximum atomic E-state index is 11.4. The smallest absolute Gasteiger partial charge is 0.306 e. The summed E-state index contributed by atoms with van der Waals surface area (Å²) in [7, 11) is 0. The Morgan fingerprint density at radius 1 is 1.61 bits per heavy atom. The van der Waals surface area contributed by atoms with E-state index in [2.05, 4.69) is 0 Å². The van der Waals surface area contributed by atoms with Gasteiger partial charge in [0.2, 0.25) is 12.3 Å². The lowest BCUT2D eigenvalue weighted by atomic mass is 10.0. The van der Waals surface area contributed by atoms with E-state index >= 15 is 0 Å². The van der Waals surface area contributed by atoms with E-state index in [4.69, 9.17) is 14.2 Å². The molecule has 0 fully saturated rings. The lowest BCUT2D eigenvalue weighted by Gasteiger charge is -2.20. The minimum atomic E-state index is -0.848. The molecule has 1 aliphatic heterocycles. The van der Waals surface area contributed by atoms with Gasteiger partial charge in [0.05, 0.1) is 18.9 Å². The average Bonchev–Trinajstić information content (AvgIpc) is 2.57. The van der Waals surface area contributed by atoms with Gasteiger partial charge in [0.25, 0.3) is 0 Å². The van der Waals surface area contributed by atoms with Crippen molar-refractivity contribution in [3.8, 4) is 0 Å². The van der Waals surface area contributed by atoms with Crippen molar-refractivity contribution in [2.45, 2.75) is 33.0 Å². The van der Waals surface area contributed by atoms with E-state index in [-0.39, 0.29) is 13.0 Å². The van der Waals surface area contributed by atoms with E-state index in [1.54, 1.807) is 20.8 Å². The van der Waals surface area contributed by atoms with Crippen LogP contribution in [0.2, 0.25) is 0 Å². The predicted molar refractivity (Wildman–Crippen MR) is 60.9 cm³/mol. The first-order valence-corrected chi connectivity index (χ1v) is 5.68. The quantitative estimate of drug-likeness (QED) is 0.407. The summed E-state index contributed by atoms with van der Waals surface area (Å²) in [5.74, 6) is -1.69. The molecule has 0 aromatic heterocycles. The highest BCUT2D eigenvalue weighted by Gasteiger charge is 2.35. The molecule has 1 atom stereocenters. The molecule has 0 amide bonds. The summed E-state index contributed by atoms with van der Waals surface area (Å²) in [4.78, 5) is 21.5. The van der Waals surface area contributed by atoms with Gasteiger partial charge in [-0.15, -0.1) is 0 Å². The van der Waals surface area contributed by atoms with E-state index in [0.29, 0.717) is 5.76 Å². The van der Waals surface area contributed by atoms with Crippen molar-refractivity contribution in [1.29, 1.82) is 0 Å². The van der Waals surface area contributed by atoms with Crippen molar-refractivity contribution in [2.24, 2.45) is 5.92 Å². The molecule has 0 N–H and O–H groups in total. The summed E-state index contributed by atoms with van der Waals surface area (Å²) >= 11 is 0. The van der Waals surface area contributed by atoms with Gasteiger partial charge >= 0.3 is 5.97 Å². The Balaban J connectivity index is 2.67. The molecule has 7 heteroatoms. The molecule has 0 aliphatic carbocycles. The van der Waals surface area contributed by atoms with Crippen molar-refractivity contribution >= 4 is 5.97 Å². The highest BCUT2D eigenvalue weighted by Crippen LogP contribution is 2.30. The molecule has 0 aromatic rings. The van der Waals surface area contributed by atoms with Crippen LogP contribution < -0.4 is 0 Å². The highest BCUT2D eigenvalue weighted by atomic mass is 16.7. The molecular weight excluding hydrogens is 242 g/mol. The van der Waals surface area contributed by atoms with Crippen molar-refractivity contribution in [1.82, 2.24) is 0 Å². The zero-order chi connectivity index (χ0) is 13.8. The van der Waals surface area contributed by atoms with Crippen molar-refractivity contribution in [2.75, 3.05) is 13.2 Å². The van der Waals surface area contributed by atoms with Crippen LogP contribution in [-0.2, 0) is 19.0 Å². The molecule has 1 rings (SSSR count). The van der Waals surface area contributed by atoms with E-state index in [9.17, 15) is 14.9 Å². The van der Waals surface area contributed by atoms with Gasteiger partial charge in [-0.1, -0.05) is 0 Å². The van der Waals surface area contributed by atoms with Crippen LogP contribution in [0.5, 0.6) is 0 Å². The topological polar surface area (TPSA) is 87.9 Å². The third kappa shape index (κ3) is 4.23. The molecule has 0 spiro atoms. The minimum absolute atomic E-state index is 0.0971. The fourth-order valence-corrected chi connectivity index (χ4v) is 1.57. The molecule has 0 radical (unpaired) electrons. The predicted octanol–water partition coefficient (Wildman–Crippen LogP) is 1.46. The molecule has 18 heavy (non-hydrogen) atoms. The Bertz CT molecular complexity index is 363. The number of nitro groups is 1. The number of esters is 1. The van der Waals surface area contributed by atoms with Gasteiger partial charge in [0.15, 0.2) is 0 Å². The first kappa shape index (κ1) is 14.3. The van der Waals surface area contributed by atoms with Crippen molar-refractivity contribution in [3.05, 3.63) is 22.1 Å². The number of hydrogen-bond acceptors (Lipinski definition) is 6. The number of carbonyl (C=O) groups excluding carboxylic acids is 1. The number of rotatable bonds is 6. The molecule has 1 unspecified atom stereocenters.